The summed E-state index contributed by atoms with van der Waals surface area (Å²) in [7, 11) is 0. The molecule has 0 radical (unpaired) electrons. The van der Waals surface area contributed by atoms with Crippen molar-refractivity contribution >= 4 is 51.5 Å². The van der Waals surface area contributed by atoms with E-state index in [1.54, 1.807) is 4.52 Å². The number of nitrogens with zero attached hydrogens (tertiary/aromatic N) is 3. The molecule has 3 aliphatic carbocycles. The monoisotopic (exact) mass is 474 g/mol. The van der Waals surface area contributed by atoms with Crippen molar-refractivity contribution in [1.29, 1.82) is 0 Å². The number of hydrogen-bond donors (Lipinski definition) is 1. The molecule has 2 bridgehead atoms. The summed E-state index contributed by atoms with van der Waals surface area (Å²) in [5.41, 5.74) is 0.897. The SMILES string of the molecule is CCOC(=O)[C@H]1[C@H]2CC[C@H](CC2)[C@@H]1Nc1nc(Cl)nn2ccc(I)c12. The number of nitrogens with one attached hydrogen (secondary N) is 1. The summed E-state index contributed by atoms with van der Waals surface area (Å²) < 4.78 is 8.16. The van der Waals surface area contributed by atoms with Crippen molar-refractivity contribution in [3.8, 4) is 0 Å². The van der Waals surface area contributed by atoms with Crippen molar-refractivity contribution in [2.75, 3.05) is 11.9 Å². The van der Waals surface area contributed by atoms with E-state index in [9.17, 15) is 4.79 Å². The first-order chi connectivity index (χ1) is 12.1. The third kappa shape index (κ3) is 3.09. The Hall–Kier alpha value is -1.09. The summed E-state index contributed by atoms with van der Waals surface area (Å²) in [5.74, 6) is 1.34. The molecule has 6 nitrogen and oxygen atoms in total. The highest BCUT2D eigenvalue weighted by molar-refractivity contribution is 14.1. The summed E-state index contributed by atoms with van der Waals surface area (Å²) >= 11 is 8.37. The van der Waals surface area contributed by atoms with Crippen LogP contribution in [0.1, 0.15) is 32.6 Å². The highest BCUT2D eigenvalue weighted by Crippen LogP contribution is 2.47. The Morgan fingerprint density at radius 3 is 2.84 bits per heavy atom. The van der Waals surface area contributed by atoms with Crippen LogP contribution in [-0.4, -0.2) is 33.2 Å². The topological polar surface area (TPSA) is 68.5 Å². The van der Waals surface area contributed by atoms with Crippen molar-refractivity contribution < 1.29 is 9.53 Å². The fourth-order valence-corrected chi connectivity index (χ4v) is 5.28. The number of fused-ring (bicyclic) bond motifs is 4. The minimum Gasteiger partial charge on any atom is -0.466 e. The molecule has 2 aromatic heterocycles. The molecule has 0 spiro atoms. The average molecular weight is 475 g/mol. The molecule has 0 amide bonds. The average Bonchev–Trinajstić information content (AvgIpc) is 2.97. The third-order valence-electron chi connectivity index (χ3n) is 5.52. The molecular formula is C17H20ClIN4O2. The maximum Gasteiger partial charge on any atom is 0.311 e. The van der Waals surface area contributed by atoms with Crippen LogP contribution in [0.5, 0.6) is 0 Å². The number of esters is 1. The largest absolute Gasteiger partial charge is 0.466 e. The van der Waals surface area contributed by atoms with E-state index >= 15 is 0 Å². The number of aromatic nitrogens is 3. The minimum atomic E-state index is -0.117. The molecule has 3 fully saturated rings. The van der Waals surface area contributed by atoms with Gasteiger partial charge in [-0.2, -0.15) is 4.98 Å². The number of ether oxygens (including phenoxy) is 1. The van der Waals surface area contributed by atoms with Gasteiger partial charge in [-0.05, 0) is 84.7 Å². The number of rotatable bonds is 4. The zero-order chi connectivity index (χ0) is 17.6. The van der Waals surface area contributed by atoms with Gasteiger partial charge in [0.1, 0.15) is 5.52 Å². The number of anilines is 1. The molecule has 25 heavy (non-hydrogen) atoms. The minimum absolute atomic E-state index is 0.0343. The van der Waals surface area contributed by atoms with Crippen molar-refractivity contribution in [3.63, 3.8) is 0 Å². The molecular weight excluding hydrogens is 455 g/mol. The molecule has 0 unspecified atom stereocenters. The van der Waals surface area contributed by atoms with Gasteiger partial charge in [0.25, 0.3) is 0 Å². The summed E-state index contributed by atoms with van der Waals surface area (Å²) in [6.45, 7) is 2.28. The summed E-state index contributed by atoms with van der Waals surface area (Å²) in [6, 6.07) is 2.01. The highest BCUT2D eigenvalue weighted by Gasteiger charge is 2.48. The second-order valence-corrected chi connectivity index (χ2v) is 8.31. The van der Waals surface area contributed by atoms with Crippen LogP contribution in [0.4, 0.5) is 5.82 Å². The van der Waals surface area contributed by atoms with Crippen molar-refractivity contribution in [1.82, 2.24) is 14.6 Å². The second-order valence-electron chi connectivity index (χ2n) is 6.81. The molecule has 0 saturated heterocycles. The Morgan fingerprint density at radius 2 is 2.12 bits per heavy atom. The number of carbonyl (C=O) groups excluding carboxylic acids is 1. The highest BCUT2D eigenvalue weighted by atomic mass is 127. The normalized spacial score (nSPS) is 28.3. The van der Waals surface area contributed by atoms with Crippen molar-refractivity contribution in [3.05, 3.63) is 21.1 Å². The van der Waals surface area contributed by atoms with E-state index in [2.05, 4.69) is 38.0 Å². The standard InChI is InChI=1S/C17H20ClIN4O2/c1-2-25-16(24)12-9-3-5-10(6-4-9)13(12)20-15-14-11(19)7-8-23(14)22-17(18)21-15/h7-10,12-13H,2-6H2,1H3,(H,20,21,22)/t9-,10+,12-,13-/m0/s1. The van der Waals surface area contributed by atoms with Gasteiger partial charge in [0.15, 0.2) is 5.82 Å². The van der Waals surface area contributed by atoms with E-state index in [1.807, 2.05) is 19.2 Å². The molecule has 5 rings (SSSR count). The molecule has 134 valence electrons. The first kappa shape index (κ1) is 17.3. The quantitative estimate of drug-likeness (QED) is 0.540. The molecule has 1 N–H and O–H groups in total. The van der Waals surface area contributed by atoms with Gasteiger partial charge in [0.2, 0.25) is 5.28 Å². The molecule has 8 heteroatoms. The van der Waals surface area contributed by atoms with E-state index in [1.165, 1.54) is 0 Å². The Labute approximate surface area is 164 Å². The van der Waals surface area contributed by atoms with Crippen LogP contribution in [0.15, 0.2) is 12.3 Å². The fraction of sp³-hybridized carbons (Fsp3) is 0.588. The van der Waals surface area contributed by atoms with Gasteiger partial charge in [0.05, 0.1) is 12.5 Å². The van der Waals surface area contributed by atoms with Crippen LogP contribution in [-0.2, 0) is 9.53 Å². The van der Waals surface area contributed by atoms with Crippen LogP contribution in [0.3, 0.4) is 0 Å². The third-order valence-corrected chi connectivity index (χ3v) is 6.55. The van der Waals surface area contributed by atoms with E-state index in [0.29, 0.717) is 24.3 Å². The van der Waals surface area contributed by atoms with Crippen molar-refractivity contribution in [2.24, 2.45) is 17.8 Å². The lowest BCUT2D eigenvalue weighted by Gasteiger charge is -2.47. The zero-order valence-electron chi connectivity index (χ0n) is 13.9. The van der Waals surface area contributed by atoms with E-state index in [-0.39, 0.29) is 23.2 Å². The molecule has 2 atom stereocenters. The van der Waals surface area contributed by atoms with Crippen molar-refractivity contribution in [2.45, 2.75) is 38.6 Å². The van der Waals surface area contributed by atoms with Gasteiger partial charge < -0.3 is 10.1 Å². The Kier molecular flexibility index (Phi) is 4.79. The van der Waals surface area contributed by atoms with Gasteiger partial charge in [-0.15, -0.1) is 5.10 Å². The Balaban J connectivity index is 1.71. The molecule has 3 saturated carbocycles. The number of hydrogen-bond acceptors (Lipinski definition) is 5. The predicted octanol–water partition coefficient (Wildman–Crippen LogP) is 3.77. The summed E-state index contributed by atoms with van der Waals surface area (Å²) in [4.78, 5) is 17.0. The van der Waals surface area contributed by atoms with Crippen LogP contribution < -0.4 is 5.32 Å². The van der Waals surface area contributed by atoms with Gasteiger partial charge in [0, 0.05) is 15.8 Å². The van der Waals surface area contributed by atoms with E-state index in [0.717, 1.165) is 34.8 Å². The van der Waals surface area contributed by atoms with Crippen LogP contribution in [0.2, 0.25) is 5.28 Å². The number of carbonyl (C=O) groups is 1. The lowest BCUT2D eigenvalue weighted by Crippen LogP contribution is -2.52. The van der Waals surface area contributed by atoms with Gasteiger partial charge in [-0.3, -0.25) is 4.79 Å². The van der Waals surface area contributed by atoms with Gasteiger partial charge in [-0.25, -0.2) is 4.52 Å². The molecule has 0 aromatic carbocycles. The molecule has 2 heterocycles. The molecule has 2 aromatic rings. The number of halogens is 2. The van der Waals surface area contributed by atoms with Crippen LogP contribution in [0.25, 0.3) is 5.52 Å². The molecule has 0 aliphatic heterocycles. The summed E-state index contributed by atoms with van der Waals surface area (Å²) in [6.07, 6.45) is 6.37. The predicted molar refractivity (Wildman–Crippen MR) is 104 cm³/mol. The lowest BCUT2D eigenvalue weighted by atomic mass is 9.61. The smallest absolute Gasteiger partial charge is 0.311 e. The first-order valence-electron chi connectivity index (χ1n) is 8.72. The van der Waals surface area contributed by atoms with E-state index in [4.69, 9.17) is 16.3 Å². The fourth-order valence-electron chi connectivity index (χ4n) is 4.45. The van der Waals surface area contributed by atoms with Crippen LogP contribution in [0, 0.1) is 21.3 Å². The second kappa shape index (κ2) is 6.90. The zero-order valence-corrected chi connectivity index (χ0v) is 16.8. The lowest BCUT2D eigenvalue weighted by molar-refractivity contribution is -0.154. The Morgan fingerprint density at radius 1 is 1.40 bits per heavy atom. The first-order valence-corrected chi connectivity index (χ1v) is 10.2. The maximum absolute atomic E-state index is 12.6. The van der Waals surface area contributed by atoms with Gasteiger partial charge >= 0.3 is 5.97 Å². The van der Waals surface area contributed by atoms with Crippen LogP contribution >= 0.6 is 34.2 Å². The molecule has 3 aliphatic rings. The summed E-state index contributed by atoms with van der Waals surface area (Å²) in [5, 5.41) is 7.96. The van der Waals surface area contributed by atoms with Gasteiger partial charge in [-0.1, -0.05) is 0 Å². The Bertz CT molecular complexity index is 803. The van der Waals surface area contributed by atoms with E-state index < -0.39 is 0 Å². The maximum atomic E-state index is 12.6.